The van der Waals surface area contributed by atoms with Crippen LogP contribution < -0.4 is 39.6 Å². The number of carbonyl (C=O) groups excluding carboxylic acids is 2. The number of aromatic nitrogens is 3. The normalized spacial score (nSPS) is 11.8. The van der Waals surface area contributed by atoms with Gasteiger partial charge in [0.1, 0.15) is 36.1 Å². The third-order valence-electron chi connectivity index (χ3n) is 17.3. The van der Waals surface area contributed by atoms with E-state index in [4.69, 9.17) is 43.4 Å². The first-order valence-corrected chi connectivity index (χ1v) is 34.9. The van der Waals surface area contributed by atoms with Gasteiger partial charge in [0, 0.05) is 31.1 Å². The number of alkyl carbamates (subject to hydrolysis) is 1. The third-order valence-corrected chi connectivity index (χ3v) is 17.3. The number of nitrogens with one attached hydrogen (secondary N) is 3. The fraction of sp³-hybridized carbons (Fsp3) is 0.613. The van der Waals surface area contributed by atoms with Crippen LogP contribution in [0.15, 0.2) is 84.9 Å². The van der Waals surface area contributed by atoms with E-state index in [0.29, 0.717) is 66.0 Å². The second-order valence-electron chi connectivity index (χ2n) is 24.5. The van der Waals surface area contributed by atoms with Crippen molar-refractivity contribution in [2.24, 2.45) is 0 Å². The van der Waals surface area contributed by atoms with Crippen molar-refractivity contribution in [1.82, 2.24) is 25.6 Å². The minimum Gasteiger partial charge on any atom is -0.496 e. The van der Waals surface area contributed by atoms with E-state index in [1.807, 2.05) is 60.7 Å². The summed E-state index contributed by atoms with van der Waals surface area (Å²) in [5.41, 5.74) is 6.98. The summed E-state index contributed by atoms with van der Waals surface area (Å²) < 4.78 is 36.9. The molecular formula is C75H112N6O8. The number of hydrogen-bond acceptors (Lipinski definition) is 12. The molecule has 0 radical (unpaired) electrons. The number of amides is 2. The number of fused-ring (bicyclic) bond motifs is 3. The lowest BCUT2D eigenvalue weighted by Crippen LogP contribution is -2.29. The van der Waals surface area contributed by atoms with Gasteiger partial charge in [-0.2, -0.15) is 9.97 Å². The maximum Gasteiger partial charge on any atom is 0.407 e. The van der Waals surface area contributed by atoms with Crippen molar-refractivity contribution < 1.29 is 38.0 Å². The summed E-state index contributed by atoms with van der Waals surface area (Å²) in [6.45, 7) is 10.7. The predicted molar refractivity (Wildman–Crippen MR) is 363 cm³/mol. The minimum atomic E-state index is -0.515. The molecule has 0 saturated carbocycles. The Bertz CT molecular complexity index is 2610. The van der Waals surface area contributed by atoms with Gasteiger partial charge in [0.15, 0.2) is 6.61 Å². The SMILES string of the molecule is CCCCCCCCC(CCCCCCCC)Oc1nc(NCCCCCCNC(=O)COc2ccc(-c3c(OC)ccc(COC(=O)NCC4c5ccccc5-c5ccccc54)c3OC)cc2)nc(OC(CCCCCCCC)CCCCCCCC)n1. The highest BCUT2D eigenvalue weighted by atomic mass is 16.6. The van der Waals surface area contributed by atoms with Crippen LogP contribution >= 0.6 is 0 Å². The van der Waals surface area contributed by atoms with E-state index in [0.717, 1.165) is 82.6 Å². The van der Waals surface area contributed by atoms with E-state index < -0.39 is 6.09 Å². The Balaban J connectivity index is 0.966. The largest absolute Gasteiger partial charge is 0.496 e. The van der Waals surface area contributed by atoms with Gasteiger partial charge < -0.3 is 44.4 Å². The van der Waals surface area contributed by atoms with Gasteiger partial charge >= 0.3 is 18.1 Å². The minimum absolute atomic E-state index is 0.00841. The van der Waals surface area contributed by atoms with Crippen molar-refractivity contribution in [3.8, 4) is 51.5 Å². The van der Waals surface area contributed by atoms with Gasteiger partial charge in [-0.15, -0.1) is 4.98 Å². The highest BCUT2D eigenvalue weighted by molar-refractivity contribution is 5.81. The molecule has 6 rings (SSSR count). The molecule has 4 aromatic carbocycles. The first kappa shape index (κ1) is 71.5. The quantitative estimate of drug-likeness (QED) is 0.0316. The zero-order chi connectivity index (χ0) is 62.9. The molecule has 2 amide bonds. The van der Waals surface area contributed by atoms with E-state index >= 15 is 0 Å². The van der Waals surface area contributed by atoms with Gasteiger partial charge in [0.25, 0.3) is 5.91 Å². The van der Waals surface area contributed by atoms with Gasteiger partial charge in [0.2, 0.25) is 5.95 Å². The summed E-state index contributed by atoms with van der Waals surface area (Å²) in [5.74, 6) is 2.04. The molecule has 1 aromatic heterocycles. The number of hydrogen-bond donors (Lipinski definition) is 3. The van der Waals surface area contributed by atoms with E-state index in [1.165, 1.54) is 151 Å². The Morgan fingerprint density at radius 1 is 0.494 bits per heavy atom. The number of methoxy groups -OCH3 is 2. The van der Waals surface area contributed by atoms with Crippen LogP contribution in [0.4, 0.5) is 10.7 Å². The van der Waals surface area contributed by atoms with Crippen LogP contribution in [0.25, 0.3) is 22.3 Å². The van der Waals surface area contributed by atoms with Gasteiger partial charge in [0.05, 0.1) is 19.8 Å². The molecule has 14 nitrogen and oxygen atoms in total. The molecule has 490 valence electrons. The van der Waals surface area contributed by atoms with Crippen molar-refractivity contribution in [1.29, 1.82) is 0 Å². The molecule has 89 heavy (non-hydrogen) atoms. The second kappa shape index (κ2) is 43.2. The van der Waals surface area contributed by atoms with Crippen molar-refractivity contribution in [3.63, 3.8) is 0 Å². The smallest absolute Gasteiger partial charge is 0.407 e. The molecule has 0 spiro atoms. The topological polar surface area (TPSA) is 164 Å². The van der Waals surface area contributed by atoms with Crippen molar-refractivity contribution in [2.45, 2.75) is 258 Å². The Hall–Kier alpha value is -6.57. The molecule has 0 saturated heterocycles. The van der Waals surface area contributed by atoms with Crippen molar-refractivity contribution in [3.05, 3.63) is 102 Å². The average molecular weight is 1230 g/mol. The first-order chi connectivity index (χ1) is 43.8. The lowest BCUT2D eigenvalue weighted by molar-refractivity contribution is -0.123. The molecular weight excluding hydrogens is 1110 g/mol. The van der Waals surface area contributed by atoms with Crippen LogP contribution in [0, 0.1) is 0 Å². The highest BCUT2D eigenvalue weighted by Crippen LogP contribution is 2.45. The van der Waals surface area contributed by atoms with Crippen molar-refractivity contribution >= 4 is 17.9 Å². The van der Waals surface area contributed by atoms with E-state index in [9.17, 15) is 9.59 Å². The number of unbranched alkanes of at least 4 members (excludes halogenated alkanes) is 23. The molecule has 1 heterocycles. The number of anilines is 1. The molecule has 0 fully saturated rings. The fourth-order valence-electron chi connectivity index (χ4n) is 12.2. The lowest BCUT2D eigenvalue weighted by atomic mass is 9.97. The number of nitrogens with zero attached hydrogens (tertiary/aromatic N) is 3. The van der Waals surface area contributed by atoms with E-state index in [1.54, 1.807) is 14.2 Å². The monoisotopic (exact) mass is 1220 g/mol. The van der Waals surface area contributed by atoms with Crippen LogP contribution in [0.1, 0.15) is 256 Å². The van der Waals surface area contributed by atoms with Gasteiger partial charge in [-0.25, -0.2) is 4.79 Å². The number of ether oxygens (including phenoxy) is 6. The average Bonchev–Trinajstić information content (AvgIpc) is 1.76. The Morgan fingerprint density at radius 3 is 1.46 bits per heavy atom. The first-order valence-electron chi connectivity index (χ1n) is 34.9. The van der Waals surface area contributed by atoms with Crippen LogP contribution in [0.2, 0.25) is 0 Å². The lowest BCUT2D eigenvalue weighted by Gasteiger charge is -2.21. The summed E-state index contributed by atoms with van der Waals surface area (Å²) in [6.07, 6.45) is 37.4. The predicted octanol–water partition coefficient (Wildman–Crippen LogP) is 19.3. The second-order valence-corrected chi connectivity index (χ2v) is 24.5. The number of carbonyl (C=O) groups is 2. The Morgan fingerprint density at radius 2 is 0.966 bits per heavy atom. The number of rotatable bonds is 50. The molecule has 0 unspecified atom stereocenters. The van der Waals surface area contributed by atoms with Gasteiger partial charge in [-0.1, -0.05) is 230 Å². The van der Waals surface area contributed by atoms with Gasteiger partial charge in [-0.3, -0.25) is 4.79 Å². The highest BCUT2D eigenvalue weighted by Gasteiger charge is 2.29. The number of benzene rings is 4. The maximum absolute atomic E-state index is 13.1. The Kier molecular flexibility index (Phi) is 34.7. The molecule has 1 aliphatic carbocycles. The van der Waals surface area contributed by atoms with Crippen LogP contribution in [-0.2, 0) is 16.1 Å². The molecule has 5 aromatic rings. The van der Waals surface area contributed by atoms with Crippen LogP contribution in [0.3, 0.4) is 0 Å². The summed E-state index contributed by atoms with van der Waals surface area (Å²) in [7, 11) is 3.20. The zero-order valence-corrected chi connectivity index (χ0v) is 55.6. The maximum atomic E-state index is 13.1. The van der Waals surface area contributed by atoms with Crippen LogP contribution in [0.5, 0.6) is 29.3 Å². The summed E-state index contributed by atoms with van der Waals surface area (Å²) in [5, 5.41) is 9.53. The molecule has 14 heteroatoms. The van der Waals surface area contributed by atoms with E-state index in [2.05, 4.69) is 67.9 Å². The molecule has 0 aliphatic heterocycles. The molecule has 1 aliphatic rings. The molecule has 0 atom stereocenters. The summed E-state index contributed by atoms with van der Waals surface area (Å²) >= 11 is 0. The van der Waals surface area contributed by atoms with Gasteiger partial charge in [-0.05, 0) is 116 Å². The molecule has 3 N–H and O–H groups in total. The van der Waals surface area contributed by atoms with E-state index in [-0.39, 0.29) is 37.2 Å². The third kappa shape index (κ3) is 26.1. The Labute approximate surface area is 535 Å². The zero-order valence-electron chi connectivity index (χ0n) is 55.6. The standard InChI is InChI=1S/C75H112N6O8/c1-7-11-15-19-23-29-39-61(40-30-24-20-16-12-8-2)88-73-79-72(80-74(81-73)89-62(41-31-25-21-17-13-9-3)42-32-26-22-18-14-10-4)77-54-38-28-27-37-53-76-69(82)57-86-60-50-47-58(48-51-60)70-68(84-5)52-49-59(71(70)85-6)56-87-75(83)78-55-67-65-45-35-33-43-63(65)64-44-34-36-46-66(64)67/h33-36,43-52,61-62,67H,7-32,37-42,53-57H2,1-6H3,(H,76,82)(H,78,83)(H,77,79,80,81). The summed E-state index contributed by atoms with van der Waals surface area (Å²) in [6, 6.07) is 28.5. The van der Waals surface area contributed by atoms with Crippen LogP contribution in [-0.4, -0.2) is 79.6 Å². The fourth-order valence-corrected chi connectivity index (χ4v) is 12.2. The molecule has 0 bridgehead atoms. The van der Waals surface area contributed by atoms with Crippen molar-refractivity contribution in [2.75, 3.05) is 45.8 Å². The summed E-state index contributed by atoms with van der Waals surface area (Å²) in [4.78, 5) is 40.7.